The first-order chi connectivity index (χ1) is 13.2. The summed E-state index contributed by atoms with van der Waals surface area (Å²) in [4.78, 5) is 31.8. The van der Waals surface area contributed by atoms with Crippen molar-refractivity contribution in [2.24, 2.45) is 0 Å². The molecule has 0 saturated carbocycles. The van der Waals surface area contributed by atoms with Crippen LogP contribution in [0.4, 0.5) is 0 Å². The Morgan fingerprint density at radius 1 is 1.07 bits per heavy atom. The number of nitrogens with zero attached hydrogens (tertiary/aromatic N) is 2. The van der Waals surface area contributed by atoms with Gasteiger partial charge in [-0.2, -0.15) is 0 Å². The van der Waals surface area contributed by atoms with Gasteiger partial charge in [0.25, 0.3) is 11.8 Å². The van der Waals surface area contributed by atoms with E-state index in [0.717, 1.165) is 16.2 Å². The number of phenolic OH excluding ortho intramolecular Hbond substituents is 2. The summed E-state index contributed by atoms with van der Waals surface area (Å²) in [7, 11) is 2.95. The predicted molar refractivity (Wildman–Crippen MR) is 103 cm³/mol. The SMILES string of the molecule is CON(C)C(=O)c1ccc2c(c1)CN(C(=O)c1cc(C(C)C)c(O)cc1O)C2. The number of fused-ring (bicyclic) bond motifs is 1. The van der Waals surface area contributed by atoms with Crippen molar-refractivity contribution in [3.05, 3.63) is 58.1 Å². The summed E-state index contributed by atoms with van der Waals surface area (Å²) in [5, 5.41) is 21.3. The number of hydrogen-bond acceptors (Lipinski definition) is 5. The van der Waals surface area contributed by atoms with Gasteiger partial charge in [0, 0.05) is 31.8 Å². The number of aromatic hydroxyl groups is 2. The average Bonchev–Trinajstić information content (AvgIpc) is 3.09. The van der Waals surface area contributed by atoms with E-state index < -0.39 is 0 Å². The lowest BCUT2D eigenvalue weighted by Crippen LogP contribution is -2.26. The largest absolute Gasteiger partial charge is 0.508 e. The van der Waals surface area contributed by atoms with E-state index in [4.69, 9.17) is 4.84 Å². The maximum Gasteiger partial charge on any atom is 0.277 e. The number of phenols is 2. The fourth-order valence-corrected chi connectivity index (χ4v) is 3.33. The third-order valence-corrected chi connectivity index (χ3v) is 5.02. The van der Waals surface area contributed by atoms with Gasteiger partial charge >= 0.3 is 0 Å². The third kappa shape index (κ3) is 3.53. The van der Waals surface area contributed by atoms with Crippen molar-refractivity contribution in [3.8, 4) is 11.5 Å². The Morgan fingerprint density at radius 2 is 1.75 bits per heavy atom. The fourth-order valence-electron chi connectivity index (χ4n) is 3.33. The number of amides is 2. The van der Waals surface area contributed by atoms with Gasteiger partial charge in [-0.3, -0.25) is 14.4 Å². The van der Waals surface area contributed by atoms with E-state index in [9.17, 15) is 19.8 Å². The molecule has 0 fully saturated rings. The number of rotatable bonds is 4. The first-order valence-corrected chi connectivity index (χ1v) is 9.02. The molecule has 7 heteroatoms. The molecule has 0 spiro atoms. The van der Waals surface area contributed by atoms with Gasteiger partial charge in [-0.15, -0.1) is 0 Å². The van der Waals surface area contributed by atoms with Gasteiger partial charge in [0.2, 0.25) is 0 Å². The normalized spacial score (nSPS) is 13.0. The van der Waals surface area contributed by atoms with Crippen molar-refractivity contribution < 1.29 is 24.6 Å². The molecule has 0 unspecified atom stereocenters. The van der Waals surface area contributed by atoms with Crippen molar-refractivity contribution in [1.29, 1.82) is 0 Å². The second kappa shape index (κ2) is 7.52. The minimum absolute atomic E-state index is 0.00858. The zero-order valence-electron chi connectivity index (χ0n) is 16.4. The van der Waals surface area contributed by atoms with Crippen LogP contribution in [-0.4, -0.2) is 46.1 Å². The Balaban J connectivity index is 1.85. The minimum Gasteiger partial charge on any atom is -0.508 e. The third-order valence-electron chi connectivity index (χ3n) is 5.02. The molecule has 2 aromatic carbocycles. The van der Waals surface area contributed by atoms with Crippen molar-refractivity contribution in [2.75, 3.05) is 14.2 Å². The first kappa shape index (κ1) is 19.7. The number of benzene rings is 2. The van der Waals surface area contributed by atoms with Crippen LogP contribution in [0.5, 0.6) is 11.5 Å². The lowest BCUT2D eigenvalue weighted by atomic mass is 9.98. The summed E-state index contributed by atoms with van der Waals surface area (Å²) >= 11 is 0. The monoisotopic (exact) mass is 384 g/mol. The van der Waals surface area contributed by atoms with Crippen LogP contribution in [-0.2, 0) is 17.9 Å². The maximum absolute atomic E-state index is 13.0. The van der Waals surface area contributed by atoms with Crippen molar-refractivity contribution in [1.82, 2.24) is 9.96 Å². The van der Waals surface area contributed by atoms with Gasteiger partial charge in [-0.05, 0) is 40.8 Å². The predicted octanol–water partition coefficient (Wildman–Crippen LogP) is 3.01. The summed E-state index contributed by atoms with van der Waals surface area (Å²) in [5.74, 6) is -0.862. The van der Waals surface area contributed by atoms with Gasteiger partial charge < -0.3 is 15.1 Å². The summed E-state index contributed by atoms with van der Waals surface area (Å²) in [6, 6.07) is 8.05. The summed E-state index contributed by atoms with van der Waals surface area (Å²) in [5.41, 5.74) is 3.07. The molecule has 0 saturated heterocycles. The second-order valence-electron chi connectivity index (χ2n) is 7.21. The Morgan fingerprint density at radius 3 is 2.39 bits per heavy atom. The Bertz CT molecular complexity index is 939. The van der Waals surface area contributed by atoms with Gasteiger partial charge in [0.05, 0.1) is 12.7 Å². The van der Waals surface area contributed by atoms with Gasteiger partial charge in [-0.25, -0.2) is 5.06 Å². The van der Waals surface area contributed by atoms with Crippen LogP contribution in [0, 0.1) is 0 Å². The molecule has 0 radical (unpaired) electrons. The summed E-state index contributed by atoms with van der Waals surface area (Å²) in [6.07, 6.45) is 0. The second-order valence-corrected chi connectivity index (χ2v) is 7.21. The zero-order valence-corrected chi connectivity index (χ0v) is 16.4. The number of carbonyl (C=O) groups excluding carboxylic acids is 2. The molecule has 2 amide bonds. The number of carbonyl (C=O) groups is 2. The Labute approximate surface area is 163 Å². The smallest absolute Gasteiger partial charge is 0.277 e. The highest BCUT2D eigenvalue weighted by atomic mass is 16.7. The molecule has 28 heavy (non-hydrogen) atoms. The van der Waals surface area contributed by atoms with Gasteiger partial charge in [0.1, 0.15) is 11.5 Å². The highest BCUT2D eigenvalue weighted by Gasteiger charge is 2.28. The van der Waals surface area contributed by atoms with Crippen molar-refractivity contribution >= 4 is 11.8 Å². The molecule has 0 aromatic heterocycles. The van der Waals surface area contributed by atoms with Crippen LogP contribution >= 0.6 is 0 Å². The van der Waals surface area contributed by atoms with Crippen LogP contribution in [0.25, 0.3) is 0 Å². The van der Waals surface area contributed by atoms with E-state index in [1.807, 2.05) is 19.9 Å². The first-order valence-electron chi connectivity index (χ1n) is 9.02. The molecule has 1 heterocycles. The van der Waals surface area contributed by atoms with Crippen molar-refractivity contribution in [2.45, 2.75) is 32.9 Å². The van der Waals surface area contributed by atoms with E-state index in [1.165, 1.54) is 20.2 Å². The van der Waals surface area contributed by atoms with E-state index in [0.29, 0.717) is 24.2 Å². The van der Waals surface area contributed by atoms with Crippen LogP contribution in [0.15, 0.2) is 30.3 Å². The van der Waals surface area contributed by atoms with Crippen LogP contribution in [0.1, 0.15) is 57.2 Å². The van der Waals surface area contributed by atoms with Crippen LogP contribution < -0.4 is 0 Å². The van der Waals surface area contributed by atoms with E-state index in [-0.39, 0.29) is 34.8 Å². The fraction of sp³-hybridized carbons (Fsp3) is 0.333. The Hall–Kier alpha value is -3.06. The molecule has 3 rings (SSSR count). The molecule has 7 nitrogen and oxygen atoms in total. The molecule has 2 aromatic rings. The number of hydroxylamine groups is 2. The summed E-state index contributed by atoms with van der Waals surface area (Å²) in [6.45, 7) is 4.53. The molecule has 2 N–H and O–H groups in total. The van der Waals surface area contributed by atoms with Crippen LogP contribution in [0.2, 0.25) is 0 Å². The van der Waals surface area contributed by atoms with Crippen molar-refractivity contribution in [3.63, 3.8) is 0 Å². The lowest BCUT2D eigenvalue weighted by Gasteiger charge is -2.18. The molecule has 148 valence electrons. The molecule has 1 aliphatic heterocycles. The highest BCUT2D eigenvalue weighted by molar-refractivity contribution is 5.98. The Kier molecular flexibility index (Phi) is 5.29. The molecule has 1 aliphatic rings. The zero-order chi connectivity index (χ0) is 20.6. The van der Waals surface area contributed by atoms with Gasteiger partial charge in [-0.1, -0.05) is 19.9 Å². The van der Waals surface area contributed by atoms with Crippen LogP contribution in [0.3, 0.4) is 0 Å². The average molecular weight is 384 g/mol. The lowest BCUT2D eigenvalue weighted by molar-refractivity contribution is -0.0757. The summed E-state index contributed by atoms with van der Waals surface area (Å²) < 4.78 is 0. The molecule has 0 atom stereocenters. The maximum atomic E-state index is 13.0. The molecular formula is C21H24N2O5. The van der Waals surface area contributed by atoms with E-state index >= 15 is 0 Å². The molecule has 0 aliphatic carbocycles. The van der Waals surface area contributed by atoms with E-state index in [2.05, 4.69) is 0 Å². The minimum atomic E-state index is -0.322. The van der Waals surface area contributed by atoms with E-state index in [1.54, 1.807) is 23.1 Å². The van der Waals surface area contributed by atoms with Gasteiger partial charge in [0.15, 0.2) is 0 Å². The molecule has 0 bridgehead atoms. The standard InChI is InChI=1S/C21H24N2O5/c1-12(2)16-8-17(19(25)9-18(16)24)21(27)23-10-14-6-5-13(7-15(14)11-23)20(26)22(3)28-4/h5-9,12,24-25H,10-11H2,1-4H3. The number of hydrogen-bond donors (Lipinski definition) is 2. The topological polar surface area (TPSA) is 90.3 Å². The quantitative estimate of drug-likeness (QED) is 0.791. The highest BCUT2D eigenvalue weighted by Crippen LogP contribution is 2.34. The molecular weight excluding hydrogens is 360 g/mol.